The number of aryl methyl sites for hydroxylation is 2. The molecule has 4 amide bonds. The highest BCUT2D eigenvalue weighted by Gasteiger charge is 2.52. The van der Waals surface area contributed by atoms with E-state index in [4.69, 9.17) is 4.74 Å². The Bertz CT molecular complexity index is 718. The molecule has 2 aliphatic rings. The van der Waals surface area contributed by atoms with Crippen LogP contribution in [0.3, 0.4) is 0 Å². The molecule has 1 saturated heterocycles. The number of urea groups is 1. The molecule has 0 radical (unpaired) electrons. The van der Waals surface area contributed by atoms with Crippen LogP contribution in [-0.4, -0.2) is 35.0 Å². The summed E-state index contributed by atoms with van der Waals surface area (Å²) in [6.45, 7) is 5.66. The second kappa shape index (κ2) is 6.97. The Labute approximate surface area is 153 Å². The van der Waals surface area contributed by atoms with Crippen LogP contribution < -0.4 is 15.5 Å². The first kappa shape index (κ1) is 18.2. The van der Waals surface area contributed by atoms with Gasteiger partial charge in [0.2, 0.25) is 0 Å². The van der Waals surface area contributed by atoms with E-state index in [1.54, 1.807) is 0 Å². The summed E-state index contributed by atoms with van der Waals surface area (Å²) in [6.07, 6.45) is 2.96. The average Bonchev–Trinajstić information content (AvgIpc) is 2.82. The van der Waals surface area contributed by atoms with Gasteiger partial charge < -0.3 is 10.1 Å². The third-order valence-electron chi connectivity index (χ3n) is 5.28. The fraction of sp³-hybridized carbons (Fsp3) is 0.526. The lowest BCUT2D eigenvalue weighted by Gasteiger charge is -2.33. The second-order valence-electron chi connectivity index (χ2n) is 7.38. The summed E-state index contributed by atoms with van der Waals surface area (Å²) in [7, 11) is 0. The Morgan fingerprint density at radius 3 is 2.50 bits per heavy atom. The standard InChI is InChI=1S/C19H25N3O4/c1-12-7-9-19(10-8-12)17(24)22(18(25)20-19)21-15(23)11-26-16-13(2)5-4-6-14(16)3/h4-6,12H,7-11H2,1-3H3,(H,20,25)(H,21,23). The lowest BCUT2D eigenvalue weighted by molar-refractivity contribution is -0.140. The van der Waals surface area contributed by atoms with Crippen molar-refractivity contribution in [2.45, 2.75) is 52.0 Å². The molecule has 1 heterocycles. The van der Waals surface area contributed by atoms with Crippen molar-refractivity contribution in [1.29, 1.82) is 0 Å². The Kier molecular flexibility index (Phi) is 4.89. The summed E-state index contributed by atoms with van der Waals surface area (Å²) in [5.41, 5.74) is 3.35. The van der Waals surface area contributed by atoms with Crippen molar-refractivity contribution >= 4 is 17.8 Å². The molecule has 2 N–H and O–H groups in total. The Morgan fingerprint density at radius 2 is 1.88 bits per heavy atom. The molecule has 1 spiro atoms. The van der Waals surface area contributed by atoms with E-state index in [2.05, 4.69) is 17.7 Å². The fourth-order valence-corrected chi connectivity index (χ4v) is 3.64. The zero-order chi connectivity index (χ0) is 18.9. The number of nitrogens with one attached hydrogen (secondary N) is 2. The Hall–Kier alpha value is -2.57. The number of nitrogens with zero attached hydrogens (tertiary/aromatic N) is 1. The predicted molar refractivity (Wildman–Crippen MR) is 95.3 cm³/mol. The van der Waals surface area contributed by atoms with Crippen LogP contribution in [-0.2, 0) is 9.59 Å². The van der Waals surface area contributed by atoms with Gasteiger partial charge in [0.1, 0.15) is 11.3 Å². The van der Waals surface area contributed by atoms with E-state index in [0.717, 1.165) is 29.0 Å². The van der Waals surface area contributed by atoms with Crippen LogP contribution in [0.2, 0.25) is 0 Å². The zero-order valence-corrected chi connectivity index (χ0v) is 15.4. The van der Waals surface area contributed by atoms with Crippen LogP contribution in [0.5, 0.6) is 5.75 Å². The van der Waals surface area contributed by atoms with Gasteiger partial charge in [0.25, 0.3) is 11.8 Å². The molecule has 140 valence electrons. The minimum atomic E-state index is -0.871. The number of imide groups is 1. The smallest absolute Gasteiger partial charge is 0.344 e. The maximum absolute atomic E-state index is 12.7. The van der Waals surface area contributed by atoms with Gasteiger partial charge in [-0.25, -0.2) is 4.79 Å². The van der Waals surface area contributed by atoms with E-state index in [1.807, 2.05) is 32.0 Å². The molecular formula is C19H25N3O4. The molecule has 1 saturated carbocycles. The molecule has 7 nitrogen and oxygen atoms in total. The summed E-state index contributed by atoms with van der Waals surface area (Å²) in [5.74, 6) is 0.254. The van der Waals surface area contributed by atoms with E-state index in [1.165, 1.54) is 0 Å². The molecule has 1 aromatic rings. The lowest BCUT2D eigenvalue weighted by atomic mass is 9.77. The quantitative estimate of drug-likeness (QED) is 0.807. The lowest BCUT2D eigenvalue weighted by Crippen LogP contribution is -2.52. The summed E-state index contributed by atoms with van der Waals surface area (Å²) in [4.78, 5) is 37.1. The monoisotopic (exact) mass is 359 g/mol. The van der Waals surface area contributed by atoms with Gasteiger partial charge in [0.05, 0.1) is 0 Å². The molecule has 1 aliphatic heterocycles. The number of ether oxygens (including phenoxy) is 1. The van der Waals surface area contributed by atoms with Gasteiger partial charge in [-0.05, 0) is 56.6 Å². The van der Waals surface area contributed by atoms with Crippen LogP contribution in [0.15, 0.2) is 18.2 Å². The predicted octanol–water partition coefficient (Wildman–Crippen LogP) is 2.21. The number of carbonyl (C=O) groups is 3. The Balaban J connectivity index is 1.61. The first-order valence-corrected chi connectivity index (χ1v) is 8.97. The van der Waals surface area contributed by atoms with E-state index in [9.17, 15) is 14.4 Å². The van der Waals surface area contributed by atoms with Crippen LogP contribution in [0.4, 0.5) is 4.79 Å². The van der Waals surface area contributed by atoms with Crippen LogP contribution in [0.25, 0.3) is 0 Å². The van der Waals surface area contributed by atoms with Crippen molar-refractivity contribution in [1.82, 2.24) is 15.8 Å². The van der Waals surface area contributed by atoms with Crippen molar-refractivity contribution in [2.75, 3.05) is 6.61 Å². The summed E-state index contributed by atoms with van der Waals surface area (Å²) < 4.78 is 5.58. The molecule has 3 rings (SSSR count). The number of hydrogen-bond donors (Lipinski definition) is 2. The number of carbonyl (C=O) groups excluding carboxylic acids is 3. The first-order chi connectivity index (χ1) is 12.3. The molecule has 7 heteroatoms. The van der Waals surface area contributed by atoms with Gasteiger partial charge >= 0.3 is 6.03 Å². The number of rotatable bonds is 4. The number of hydrazine groups is 1. The molecule has 0 atom stereocenters. The number of hydrogen-bond acceptors (Lipinski definition) is 4. The molecule has 0 unspecified atom stereocenters. The summed E-state index contributed by atoms with van der Waals surface area (Å²) >= 11 is 0. The molecule has 2 fully saturated rings. The van der Waals surface area contributed by atoms with Gasteiger partial charge in [0, 0.05) is 0 Å². The first-order valence-electron chi connectivity index (χ1n) is 8.97. The molecule has 0 bridgehead atoms. The van der Waals surface area contributed by atoms with Gasteiger partial charge in [-0.3, -0.25) is 15.0 Å². The normalized spacial score (nSPS) is 25.3. The molecule has 1 aromatic carbocycles. The summed E-state index contributed by atoms with van der Waals surface area (Å²) in [6, 6.07) is 5.12. The van der Waals surface area contributed by atoms with E-state index < -0.39 is 17.5 Å². The highest BCUT2D eigenvalue weighted by molar-refractivity contribution is 6.08. The van der Waals surface area contributed by atoms with Gasteiger partial charge in [0.15, 0.2) is 6.61 Å². The van der Waals surface area contributed by atoms with E-state index in [0.29, 0.717) is 24.5 Å². The zero-order valence-electron chi connectivity index (χ0n) is 15.4. The second-order valence-corrected chi connectivity index (χ2v) is 7.38. The SMILES string of the molecule is Cc1cccc(C)c1OCC(=O)NN1C(=O)NC2(CCC(C)CC2)C1=O. The largest absolute Gasteiger partial charge is 0.483 e. The fourth-order valence-electron chi connectivity index (χ4n) is 3.64. The molecular weight excluding hydrogens is 334 g/mol. The van der Waals surface area contributed by atoms with Gasteiger partial charge in [-0.15, -0.1) is 0 Å². The summed E-state index contributed by atoms with van der Waals surface area (Å²) in [5, 5.41) is 3.57. The van der Waals surface area contributed by atoms with Crippen LogP contribution in [0, 0.1) is 19.8 Å². The van der Waals surface area contributed by atoms with Crippen molar-refractivity contribution < 1.29 is 19.1 Å². The van der Waals surface area contributed by atoms with E-state index in [-0.39, 0.29) is 12.5 Å². The third-order valence-corrected chi connectivity index (χ3v) is 5.28. The number of benzene rings is 1. The van der Waals surface area contributed by atoms with E-state index >= 15 is 0 Å². The molecule has 0 aromatic heterocycles. The average molecular weight is 359 g/mol. The molecule has 1 aliphatic carbocycles. The maximum Gasteiger partial charge on any atom is 0.344 e. The highest BCUT2D eigenvalue weighted by atomic mass is 16.5. The number of amides is 4. The maximum atomic E-state index is 12.7. The highest BCUT2D eigenvalue weighted by Crippen LogP contribution is 2.35. The minimum Gasteiger partial charge on any atom is -0.483 e. The van der Waals surface area contributed by atoms with Crippen LogP contribution >= 0.6 is 0 Å². The third kappa shape index (κ3) is 3.38. The van der Waals surface area contributed by atoms with Crippen LogP contribution in [0.1, 0.15) is 43.7 Å². The number of para-hydroxylation sites is 1. The minimum absolute atomic E-state index is 0.271. The van der Waals surface area contributed by atoms with Crippen molar-refractivity contribution in [3.05, 3.63) is 29.3 Å². The van der Waals surface area contributed by atoms with Crippen molar-refractivity contribution in [3.8, 4) is 5.75 Å². The van der Waals surface area contributed by atoms with Gasteiger partial charge in [-0.2, -0.15) is 5.01 Å². The van der Waals surface area contributed by atoms with Crippen molar-refractivity contribution in [3.63, 3.8) is 0 Å². The molecule has 26 heavy (non-hydrogen) atoms. The van der Waals surface area contributed by atoms with Gasteiger partial charge in [-0.1, -0.05) is 25.1 Å². The topological polar surface area (TPSA) is 87.7 Å². The Morgan fingerprint density at radius 1 is 1.27 bits per heavy atom. The van der Waals surface area contributed by atoms with Crippen molar-refractivity contribution in [2.24, 2.45) is 5.92 Å².